The highest BCUT2D eigenvalue weighted by Crippen LogP contribution is 2.34. The molecule has 4 rings (SSSR count). The number of amides is 1. The van der Waals surface area contributed by atoms with Crippen molar-refractivity contribution in [3.8, 4) is 11.5 Å². The van der Waals surface area contributed by atoms with Crippen LogP contribution in [0.5, 0.6) is 11.5 Å². The summed E-state index contributed by atoms with van der Waals surface area (Å²) in [6, 6.07) is 13.5. The minimum Gasteiger partial charge on any atom is -0.490 e. The first kappa shape index (κ1) is 18.3. The molecule has 2 aromatic heterocycles. The normalized spacial score (nSPS) is 13.5. The Labute approximate surface area is 164 Å². The van der Waals surface area contributed by atoms with Crippen LogP contribution in [0.25, 0.3) is 5.65 Å². The Morgan fingerprint density at radius 1 is 1.14 bits per heavy atom. The molecule has 146 valence electrons. The maximum absolute atomic E-state index is 12.6. The van der Waals surface area contributed by atoms with E-state index in [0.717, 1.165) is 42.2 Å². The van der Waals surface area contributed by atoms with Crippen LogP contribution in [-0.4, -0.2) is 35.6 Å². The maximum Gasteiger partial charge on any atom is 0.231 e. The van der Waals surface area contributed by atoms with Crippen LogP contribution in [0.3, 0.4) is 0 Å². The molecular formula is C22H25N3O3. The van der Waals surface area contributed by atoms with Crippen molar-refractivity contribution in [1.82, 2.24) is 9.38 Å². The third kappa shape index (κ3) is 3.67. The monoisotopic (exact) mass is 379 g/mol. The number of aryl methyl sites for hydroxylation is 1. The molecule has 1 aliphatic carbocycles. The minimum atomic E-state index is 0.162. The SMILES string of the molecule is CCc1nc2c(OCCOc3ccccc3)cccn2c1N(C)C(=O)C1CC1. The first-order valence-electron chi connectivity index (χ1n) is 9.77. The Hall–Kier alpha value is -3.02. The second kappa shape index (κ2) is 7.92. The lowest BCUT2D eigenvalue weighted by Gasteiger charge is -2.18. The second-order valence-electron chi connectivity index (χ2n) is 6.98. The number of anilines is 1. The summed E-state index contributed by atoms with van der Waals surface area (Å²) in [4.78, 5) is 19.1. The third-order valence-electron chi connectivity index (χ3n) is 4.92. The molecule has 2 heterocycles. The first-order valence-corrected chi connectivity index (χ1v) is 9.77. The van der Waals surface area contributed by atoms with Gasteiger partial charge in [-0.25, -0.2) is 4.98 Å². The van der Waals surface area contributed by atoms with Crippen molar-refractivity contribution >= 4 is 17.4 Å². The Morgan fingerprint density at radius 3 is 2.61 bits per heavy atom. The van der Waals surface area contributed by atoms with Gasteiger partial charge in [0.2, 0.25) is 5.91 Å². The molecule has 0 bridgehead atoms. The van der Waals surface area contributed by atoms with Gasteiger partial charge in [0, 0.05) is 19.2 Å². The Morgan fingerprint density at radius 2 is 1.89 bits per heavy atom. The summed E-state index contributed by atoms with van der Waals surface area (Å²) in [7, 11) is 1.84. The summed E-state index contributed by atoms with van der Waals surface area (Å²) in [6.45, 7) is 2.91. The van der Waals surface area contributed by atoms with Crippen LogP contribution in [0.1, 0.15) is 25.5 Å². The highest BCUT2D eigenvalue weighted by atomic mass is 16.5. The average molecular weight is 379 g/mol. The number of nitrogens with zero attached hydrogens (tertiary/aromatic N) is 3. The summed E-state index contributed by atoms with van der Waals surface area (Å²) in [5, 5.41) is 0. The van der Waals surface area contributed by atoms with Gasteiger partial charge in [-0.1, -0.05) is 25.1 Å². The Kier molecular flexibility index (Phi) is 5.19. The molecular weight excluding hydrogens is 354 g/mol. The summed E-state index contributed by atoms with van der Waals surface area (Å²) in [5.74, 6) is 2.67. The van der Waals surface area contributed by atoms with Gasteiger partial charge < -0.3 is 9.47 Å². The molecule has 1 saturated carbocycles. The lowest BCUT2D eigenvalue weighted by atomic mass is 10.3. The highest BCUT2D eigenvalue weighted by molar-refractivity contribution is 5.96. The van der Waals surface area contributed by atoms with Crippen molar-refractivity contribution in [3.63, 3.8) is 0 Å². The molecule has 0 radical (unpaired) electrons. The fraction of sp³-hybridized carbons (Fsp3) is 0.364. The second-order valence-corrected chi connectivity index (χ2v) is 6.98. The van der Waals surface area contributed by atoms with E-state index in [0.29, 0.717) is 19.0 Å². The smallest absolute Gasteiger partial charge is 0.231 e. The van der Waals surface area contributed by atoms with Crippen molar-refractivity contribution in [3.05, 3.63) is 54.4 Å². The van der Waals surface area contributed by atoms with Crippen LogP contribution in [0.15, 0.2) is 48.7 Å². The molecule has 0 N–H and O–H groups in total. The van der Waals surface area contributed by atoms with E-state index in [1.165, 1.54) is 0 Å². The van der Waals surface area contributed by atoms with Crippen molar-refractivity contribution in [2.75, 3.05) is 25.2 Å². The summed E-state index contributed by atoms with van der Waals surface area (Å²) < 4.78 is 13.6. The van der Waals surface area contributed by atoms with Crippen molar-refractivity contribution in [2.24, 2.45) is 5.92 Å². The van der Waals surface area contributed by atoms with E-state index >= 15 is 0 Å². The molecule has 6 nitrogen and oxygen atoms in total. The molecule has 0 spiro atoms. The van der Waals surface area contributed by atoms with E-state index in [1.807, 2.05) is 60.1 Å². The quantitative estimate of drug-likeness (QED) is 0.560. The van der Waals surface area contributed by atoms with Gasteiger partial charge in [0.15, 0.2) is 11.4 Å². The van der Waals surface area contributed by atoms with Crippen LogP contribution in [0, 0.1) is 5.92 Å². The van der Waals surface area contributed by atoms with Crippen molar-refractivity contribution in [1.29, 1.82) is 0 Å². The Bertz CT molecular complexity index is 964. The molecule has 6 heteroatoms. The number of ether oxygens (including phenoxy) is 2. The average Bonchev–Trinajstić information content (AvgIpc) is 3.51. The number of hydrogen-bond acceptors (Lipinski definition) is 4. The van der Waals surface area contributed by atoms with Crippen LogP contribution in [0.2, 0.25) is 0 Å². The predicted octanol–water partition coefficient (Wildman–Crippen LogP) is 3.73. The molecule has 1 fully saturated rings. The summed E-state index contributed by atoms with van der Waals surface area (Å²) >= 11 is 0. The molecule has 0 atom stereocenters. The van der Waals surface area contributed by atoms with Crippen LogP contribution < -0.4 is 14.4 Å². The van der Waals surface area contributed by atoms with Gasteiger partial charge in [-0.15, -0.1) is 0 Å². The topological polar surface area (TPSA) is 56.1 Å². The van der Waals surface area contributed by atoms with E-state index < -0.39 is 0 Å². The summed E-state index contributed by atoms with van der Waals surface area (Å²) in [5.41, 5.74) is 1.62. The standard InChI is InChI=1S/C22H25N3O3/c1-3-18-21(24(2)22(26)16-11-12-16)25-13-7-10-19(20(25)23-18)28-15-14-27-17-8-5-4-6-9-17/h4-10,13,16H,3,11-12,14-15H2,1-2H3. The van der Waals surface area contributed by atoms with Crippen LogP contribution in [-0.2, 0) is 11.2 Å². The lowest BCUT2D eigenvalue weighted by Crippen LogP contribution is -2.29. The van der Waals surface area contributed by atoms with E-state index in [9.17, 15) is 4.79 Å². The minimum absolute atomic E-state index is 0.162. The number of carbonyl (C=O) groups excluding carboxylic acids is 1. The van der Waals surface area contributed by atoms with Gasteiger partial charge >= 0.3 is 0 Å². The molecule has 3 aromatic rings. The number of hydrogen-bond donors (Lipinski definition) is 0. The fourth-order valence-electron chi connectivity index (χ4n) is 3.32. The zero-order valence-corrected chi connectivity index (χ0v) is 16.3. The molecule has 0 saturated heterocycles. The largest absolute Gasteiger partial charge is 0.490 e. The van der Waals surface area contributed by atoms with E-state index in [1.54, 1.807) is 4.90 Å². The zero-order valence-electron chi connectivity index (χ0n) is 16.3. The van der Waals surface area contributed by atoms with E-state index in [4.69, 9.17) is 14.5 Å². The number of aromatic nitrogens is 2. The number of imidazole rings is 1. The number of pyridine rings is 1. The maximum atomic E-state index is 12.6. The van der Waals surface area contributed by atoms with Gasteiger partial charge in [-0.2, -0.15) is 0 Å². The van der Waals surface area contributed by atoms with Crippen LogP contribution in [0.4, 0.5) is 5.82 Å². The van der Waals surface area contributed by atoms with Gasteiger partial charge in [0.1, 0.15) is 24.8 Å². The highest BCUT2D eigenvalue weighted by Gasteiger charge is 2.34. The number of para-hydroxylation sites is 1. The fourth-order valence-corrected chi connectivity index (χ4v) is 3.32. The third-order valence-corrected chi connectivity index (χ3v) is 4.92. The van der Waals surface area contributed by atoms with Crippen LogP contribution >= 0.6 is 0 Å². The molecule has 28 heavy (non-hydrogen) atoms. The van der Waals surface area contributed by atoms with Gasteiger partial charge in [0.05, 0.1) is 5.69 Å². The molecule has 0 aliphatic heterocycles. The molecule has 1 aromatic carbocycles. The number of carbonyl (C=O) groups is 1. The van der Waals surface area contributed by atoms with E-state index in [2.05, 4.69) is 6.92 Å². The van der Waals surface area contributed by atoms with Gasteiger partial charge in [-0.05, 0) is 43.5 Å². The van der Waals surface area contributed by atoms with Gasteiger partial charge in [-0.3, -0.25) is 14.1 Å². The summed E-state index contributed by atoms with van der Waals surface area (Å²) in [6.07, 6.45) is 4.64. The molecule has 0 unspecified atom stereocenters. The van der Waals surface area contributed by atoms with Crippen molar-refractivity contribution < 1.29 is 14.3 Å². The molecule has 1 amide bonds. The number of benzene rings is 1. The van der Waals surface area contributed by atoms with Crippen molar-refractivity contribution in [2.45, 2.75) is 26.2 Å². The number of rotatable bonds is 8. The van der Waals surface area contributed by atoms with Gasteiger partial charge in [0.25, 0.3) is 0 Å². The Balaban J connectivity index is 1.52. The first-order chi connectivity index (χ1) is 13.7. The predicted molar refractivity (Wildman–Crippen MR) is 108 cm³/mol. The molecule has 1 aliphatic rings. The van der Waals surface area contributed by atoms with E-state index in [-0.39, 0.29) is 11.8 Å². The zero-order chi connectivity index (χ0) is 19.5. The number of fused-ring (bicyclic) bond motifs is 1. The lowest BCUT2D eigenvalue weighted by molar-refractivity contribution is -0.119.